The van der Waals surface area contributed by atoms with Crippen molar-refractivity contribution < 1.29 is 10.0 Å². The van der Waals surface area contributed by atoms with Crippen LogP contribution in [0.2, 0.25) is 0 Å². The van der Waals surface area contributed by atoms with Gasteiger partial charge in [0.05, 0.1) is 17.6 Å². The minimum absolute atomic E-state index is 0.0620. The summed E-state index contributed by atoms with van der Waals surface area (Å²) < 4.78 is 1.41. The molecular weight excluding hydrogens is 300 g/mol. The first-order valence-corrected chi connectivity index (χ1v) is 7.68. The minimum Gasteiger partial charge on any atom is -0.390 e. The second kappa shape index (κ2) is 6.88. The molecule has 3 rings (SSSR count). The number of aliphatic hydroxyl groups excluding tert-OH is 1. The van der Waals surface area contributed by atoms with Crippen LogP contribution in [-0.4, -0.2) is 60.4 Å². The van der Waals surface area contributed by atoms with E-state index >= 15 is 0 Å². The first kappa shape index (κ1) is 15.6. The normalized spacial score (nSPS) is 20.5. The lowest BCUT2D eigenvalue weighted by Crippen LogP contribution is -2.40. The summed E-state index contributed by atoms with van der Waals surface area (Å²) >= 11 is 0. The maximum Gasteiger partial charge on any atom is 0.306 e. The summed E-state index contributed by atoms with van der Waals surface area (Å²) in [6.45, 7) is 2.55. The van der Waals surface area contributed by atoms with Gasteiger partial charge in [-0.2, -0.15) is 5.10 Å². The molecule has 2 N–H and O–H groups in total. The van der Waals surface area contributed by atoms with Gasteiger partial charge in [0.1, 0.15) is 18.2 Å². The highest BCUT2D eigenvalue weighted by Crippen LogP contribution is 2.24. The van der Waals surface area contributed by atoms with Crippen LogP contribution in [-0.2, 0) is 6.54 Å². The van der Waals surface area contributed by atoms with Crippen LogP contribution in [0.1, 0.15) is 24.6 Å². The van der Waals surface area contributed by atoms with Crippen molar-refractivity contribution in [3.63, 3.8) is 0 Å². The van der Waals surface area contributed by atoms with Crippen molar-refractivity contribution in [1.82, 2.24) is 24.6 Å². The monoisotopic (exact) mass is 320 g/mol. The van der Waals surface area contributed by atoms with Gasteiger partial charge in [-0.1, -0.05) is 0 Å². The number of nitro groups is 1. The van der Waals surface area contributed by atoms with Crippen LogP contribution >= 0.6 is 0 Å². The van der Waals surface area contributed by atoms with Gasteiger partial charge in [0.15, 0.2) is 0 Å². The van der Waals surface area contributed by atoms with Crippen molar-refractivity contribution in [2.45, 2.75) is 31.4 Å². The predicted molar refractivity (Wildman–Crippen MR) is 81.9 cm³/mol. The Morgan fingerprint density at radius 3 is 3.09 bits per heavy atom. The van der Waals surface area contributed by atoms with E-state index in [1.165, 1.54) is 17.1 Å². The molecular formula is C14H20N6O3. The van der Waals surface area contributed by atoms with Crippen LogP contribution in [0.3, 0.4) is 0 Å². The van der Waals surface area contributed by atoms with E-state index in [9.17, 15) is 15.2 Å². The molecule has 0 bridgehead atoms. The van der Waals surface area contributed by atoms with Gasteiger partial charge in [-0.25, -0.2) is 4.98 Å². The number of aromatic nitrogens is 4. The minimum atomic E-state index is -0.621. The number of hydrogen-bond donors (Lipinski definition) is 2. The lowest BCUT2D eigenvalue weighted by atomic mass is 9.97. The lowest BCUT2D eigenvalue weighted by Gasteiger charge is -2.33. The van der Waals surface area contributed by atoms with Gasteiger partial charge in [0, 0.05) is 31.4 Å². The Hall–Kier alpha value is -2.26. The Bertz CT molecular complexity index is 641. The van der Waals surface area contributed by atoms with Gasteiger partial charge in [-0.3, -0.25) is 19.7 Å². The number of imidazole rings is 1. The zero-order valence-electron chi connectivity index (χ0n) is 12.7. The number of nitrogens with zero attached hydrogens (tertiary/aromatic N) is 5. The lowest BCUT2D eigenvalue weighted by molar-refractivity contribution is -0.385. The molecule has 2 aromatic rings. The van der Waals surface area contributed by atoms with Crippen molar-refractivity contribution in [2.24, 2.45) is 0 Å². The Labute approximate surface area is 133 Å². The molecule has 2 atom stereocenters. The molecule has 1 aliphatic heterocycles. The first-order valence-electron chi connectivity index (χ1n) is 7.68. The third-order valence-corrected chi connectivity index (χ3v) is 4.11. The summed E-state index contributed by atoms with van der Waals surface area (Å²) in [5, 5.41) is 24.8. The van der Waals surface area contributed by atoms with Crippen LogP contribution in [0.4, 0.5) is 5.69 Å². The maximum atomic E-state index is 10.6. The fraction of sp³-hybridized carbons (Fsp3) is 0.571. The quantitative estimate of drug-likeness (QED) is 0.600. The molecule has 0 aromatic carbocycles. The number of piperidine rings is 1. The molecule has 1 saturated heterocycles. The molecule has 124 valence electrons. The zero-order valence-corrected chi connectivity index (χ0v) is 12.7. The number of H-pyrrole nitrogens is 1. The van der Waals surface area contributed by atoms with Crippen LogP contribution in [0.5, 0.6) is 0 Å². The molecule has 2 unspecified atom stereocenters. The molecule has 1 fully saturated rings. The van der Waals surface area contributed by atoms with E-state index < -0.39 is 11.0 Å². The summed E-state index contributed by atoms with van der Waals surface area (Å²) in [6, 6.07) is 0. The number of aromatic amines is 1. The Morgan fingerprint density at radius 2 is 2.39 bits per heavy atom. The Balaban J connectivity index is 1.52. The summed E-state index contributed by atoms with van der Waals surface area (Å²) in [5.74, 6) is 1.35. The van der Waals surface area contributed by atoms with E-state index in [1.54, 1.807) is 6.20 Å². The molecule has 1 aliphatic rings. The fourth-order valence-electron chi connectivity index (χ4n) is 3.06. The standard InChI is InChI=1S/C14H20N6O3/c21-13(10-19-8-12(6-17-19)20(22)23)9-18-5-1-2-11(7-18)14-15-3-4-16-14/h3-4,6,8,11,13,21H,1-2,5,7,9-10H2,(H,15,16). The molecule has 0 amide bonds. The molecule has 9 nitrogen and oxygen atoms in total. The highest BCUT2D eigenvalue weighted by atomic mass is 16.6. The zero-order chi connectivity index (χ0) is 16.2. The Morgan fingerprint density at radius 1 is 1.52 bits per heavy atom. The van der Waals surface area contributed by atoms with E-state index in [-0.39, 0.29) is 12.2 Å². The summed E-state index contributed by atoms with van der Waals surface area (Å²) in [6.07, 6.45) is 7.65. The molecule has 9 heteroatoms. The van der Waals surface area contributed by atoms with Gasteiger partial charge < -0.3 is 10.1 Å². The average Bonchev–Trinajstić information content (AvgIpc) is 3.18. The first-order chi connectivity index (χ1) is 11.1. The molecule has 0 aliphatic carbocycles. The summed E-state index contributed by atoms with van der Waals surface area (Å²) in [4.78, 5) is 19.8. The van der Waals surface area contributed by atoms with Crippen molar-refractivity contribution in [3.05, 3.63) is 40.7 Å². The SMILES string of the molecule is O=[N+]([O-])c1cnn(CC(O)CN2CCCC(c3ncc[nH]3)C2)c1. The highest BCUT2D eigenvalue weighted by molar-refractivity contribution is 5.20. The van der Waals surface area contributed by atoms with Crippen molar-refractivity contribution >= 4 is 5.69 Å². The van der Waals surface area contributed by atoms with Crippen LogP contribution in [0.25, 0.3) is 0 Å². The van der Waals surface area contributed by atoms with E-state index in [4.69, 9.17) is 0 Å². The molecule has 23 heavy (non-hydrogen) atoms. The van der Waals surface area contributed by atoms with E-state index in [1.807, 2.05) is 6.20 Å². The largest absolute Gasteiger partial charge is 0.390 e. The van der Waals surface area contributed by atoms with Gasteiger partial charge in [-0.15, -0.1) is 0 Å². The van der Waals surface area contributed by atoms with Crippen LogP contribution in [0, 0.1) is 10.1 Å². The van der Waals surface area contributed by atoms with E-state index in [0.717, 1.165) is 31.8 Å². The van der Waals surface area contributed by atoms with Crippen molar-refractivity contribution in [2.75, 3.05) is 19.6 Å². The topological polar surface area (TPSA) is 113 Å². The summed E-state index contributed by atoms with van der Waals surface area (Å²) in [7, 11) is 0. The molecule has 0 saturated carbocycles. The number of likely N-dealkylation sites (tertiary alicyclic amines) is 1. The van der Waals surface area contributed by atoms with Crippen LogP contribution in [0.15, 0.2) is 24.8 Å². The number of nitrogens with one attached hydrogen (secondary N) is 1. The fourth-order valence-corrected chi connectivity index (χ4v) is 3.06. The second-order valence-electron chi connectivity index (χ2n) is 5.90. The van der Waals surface area contributed by atoms with E-state index in [2.05, 4.69) is 20.0 Å². The number of hydrogen-bond acceptors (Lipinski definition) is 6. The number of β-amino-alcohol motifs (C(OH)–C–C–N with tert-alkyl or cyclic N) is 1. The maximum absolute atomic E-state index is 10.6. The third-order valence-electron chi connectivity index (χ3n) is 4.11. The van der Waals surface area contributed by atoms with E-state index in [0.29, 0.717) is 12.5 Å². The van der Waals surface area contributed by atoms with Gasteiger partial charge in [-0.05, 0) is 19.4 Å². The predicted octanol–water partition coefficient (Wildman–Crippen LogP) is 0.755. The highest BCUT2D eigenvalue weighted by Gasteiger charge is 2.24. The molecule has 3 heterocycles. The Kier molecular flexibility index (Phi) is 4.68. The van der Waals surface area contributed by atoms with Crippen molar-refractivity contribution in [3.8, 4) is 0 Å². The number of aliphatic hydroxyl groups is 1. The number of rotatable bonds is 6. The summed E-state index contributed by atoms with van der Waals surface area (Å²) in [5.41, 5.74) is -0.0620. The van der Waals surface area contributed by atoms with Gasteiger partial charge in [0.25, 0.3) is 0 Å². The molecule has 0 spiro atoms. The van der Waals surface area contributed by atoms with Gasteiger partial charge in [0.2, 0.25) is 0 Å². The van der Waals surface area contributed by atoms with Gasteiger partial charge >= 0.3 is 5.69 Å². The smallest absolute Gasteiger partial charge is 0.306 e. The second-order valence-corrected chi connectivity index (χ2v) is 5.90. The molecule has 2 aromatic heterocycles. The van der Waals surface area contributed by atoms with Crippen molar-refractivity contribution in [1.29, 1.82) is 0 Å². The average molecular weight is 320 g/mol. The third kappa shape index (κ3) is 3.93. The molecule has 0 radical (unpaired) electrons. The van der Waals surface area contributed by atoms with Crippen LogP contribution < -0.4 is 0 Å².